The Hall–Kier alpha value is -0.740. The Morgan fingerprint density at radius 2 is 2.07 bits per heavy atom. The van der Waals surface area contributed by atoms with Gasteiger partial charge in [0.2, 0.25) is 0 Å². The topological polar surface area (TPSA) is 43.4 Å². The fraction of sp³-hybridized carbons (Fsp3) is 0.333. The number of rotatable bonds is 3. The molecule has 0 aliphatic heterocycles. The van der Waals surface area contributed by atoms with E-state index in [1.54, 1.807) is 12.1 Å². The lowest BCUT2D eigenvalue weighted by molar-refractivity contribution is 0.302. The molecular weight excluding hydrogens is 224 g/mol. The molecule has 0 heterocycles. The van der Waals surface area contributed by atoms with E-state index in [0.717, 1.165) is 12.8 Å². The third-order valence-electron chi connectivity index (χ3n) is 1.91. The predicted molar refractivity (Wildman–Crippen MR) is 53.1 cm³/mol. The van der Waals surface area contributed by atoms with Gasteiger partial charge < -0.3 is 4.74 Å². The molecule has 76 valence electrons. The van der Waals surface area contributed by atoms with Crippen molar-refractivity contribution in [1.29, 1.82) is 0 Å². The van der Waals surface area contributed by atoms with Crippen LogP contribution in [-0.4, -0.2) is 14.5 Å². The normalized spacial score (nSPS) is 16.6. The fourth-order valence-electron chi connectivity index (χ4n) is 1.08. The monoisotopic (exact) mass is 232 g/mol. The summed E-state index contributed by atoms with van der Waals surface area (Å²) in [4.78, 5) is 0.0808. The summed E-state index contributed by atoms with van der Waals surface area (Å²) < 4.78 is 27.4. The Labute approximate surface area is 87.1 Å². The van der Waals surface area contributed by atoms with Crippen LogP contribution in [-0.2, 0) is 9.05 Å². The van der Waals surface area contributed by atoms with Crippen molar-refractivity contribution in [3.63, 3.8) is 0 Å². The molecule has 0 radical (unpaired) electrons. The highest BCUT2D eigenvalue weighted by Crippen LogP contribution is 2.28. The molecule has 0 unspecified atom stereocenters. The molecule has 3 nitrogen and oxygen atoms in total. The number of benzene rings is 1. The second-order valence-electron chi connectivity index (χ2n) is 3.23. The van der Waals surface area contributed by atoms with E-state index in [-0.39, 0.29) is 11.0 Å². The van der Waals surface area contributed by atoms with Gasteiger partial charge in [-0.15, -0.1) is 0 Å². The first kappa shape index (κ1) is 9.80. The average Bonchev–Trinajstić information content (AvgIpc) is 2.87. The van der Waals surface area contributed by atoms with Crippen LogP contribution in [0.25, 0.3) is 0 Å². The van der Waals surface area contributed by atoms with Crippen LogP contribution < -0.4 is 4.74 Å². The molecule has 0 N–H and O–H groups in total. The minimum atomic E-state index is -3.65. The largest absolute Gasteiger partial charge is 0.490 e. The van der Waals surface area contributed by atoms with Gasteiger partial charge in [-0.05, 0) is 25.0 Å². The molecule has 0 atom stereocenters. The van der Waals surface area contributed by atoms with E-state index < -0.39 is 9.05 Å². The van der Waals surface area contributed by atoms with Gasteiger partial charge in [-0.2, -0.15) is 0 Å². The van der Waals surface area contributed by atoms with Gasteiger partial charge in [-0.3, -0.25) is 0 Å². The Bertz CT molecular complexity index is 437. The summed E-state index contributed by atoms with van der Waals surface area (Å²) >= 11 is 0. The van der Waals surface area contributed by atoms with Crippen LogP contribution in [0.3, 0.4) is 0 Å². The summed E-state index contributed by atoms with van der Waals surface area (Å²) in [7, 11) is 1.55. The van der Waals surface area contributed by atoms with E-state index in [2.05, 4.69) is 0 Å². The van der Waals surface area contributed by atoms with Crippen LogP contribution in [0.1, 0.15) is 12.8 Å². The van der Waals surface area contributed by atoms with Crippen molar-refractivity contribution in [1.82, 2.24) is 0 Å². The summed E-state index contributed by atoms with van der Waals surface area (Å²) in [6, 6.07) is 6.24. The highest BCUT2D eigenvalue weighted by molar-refractivity contribution is 8.13. The Morgan fingerprint density at radius 3 is 2.64 bits per heavy atom. The van der Waals surface area contributed by atoms with Crippen molar-refractivity contribution in [2.75, 3.05) is 0 Å². The maximum absolute atomic E-state index is 11.0. The zero-order valence-corrected chi connectivity index (χ0v) is 8.88. The number of hydrogen-bond donors (Lipinski definition) is 0. The van der Waals surface area contributed by atoms with Gasteiger partial charge in [-0.25, -0.2) is 8.42 Å². The minimum Gasteiger partial charge on any atom is -0.490 e. The van der Waals surface area contributed by atoms with Crippen LogP contribution in [0.15, 0.2) is 29.2 Å². The highest BCUT2D eigenvalue weighted by atomic mass is 35.7. The lowest BCUT2D eigenvalue weighted by Crippen LogP contribution is -1.97. The second-order valence-corrected chi connectivity index (χ2v) is 5.80. The average molecular weight is 233 g/mol. The Kier molecular flexibility index (Phi) is 2.41. The van der Waals surface area contributed by atoms with E-state index in [0.29, 0.717) is 5.75 Å². The third-order valence-corrected chi connectivity index (χ3v) is 3.27. The lowest BCUT2D eigenvalue weighted by Gasteiger charge is -2.04. The molecule has 0 saturated heterocycles. The van der Waals surface area contributed by atoms with Gasteiger partial charge in [0.25, 0.3) is 9.05 Å². The van der Waals surface area contributed by atoms with Gasteiger partial charge in [0.15, 0.2) is 0 Å². The van der Waals surface area contributed by atoms with Crippen molar-refractivity contribution in [2.45, 2.75) is 23.8 Å². The SMILES string of the molecule is O=S(=O)(Cl)c1cccc(OC2CC2)c1. The van der Waals surface area contributed by atoms with E-state index in [4.69, 9.17) is 15.4 Å². The maximum atomic E-state index is 11.0. The molecule has 1 saturated carbocycles. The van der Waals surface area contributed by atoms with E-state index in [9.17, 15) is 8.42 Å². The van der Waals surface area contributed by atoms with Gasteiger partial charge in [0.05, 0.1) is 11.0 Å². The first-order chi connectivity index (χ1) is 6.55. The predicted octanol–water partition coefficient (Wildman–Crippen LogP) is 2.16. The van der Waals surface area contributed by atoms with Crippen LogP contribution in [0.5, 0.6) is 5.75 Å². The minimum absolute atomic E-state index is 0.0808. The Morgan fingerprint density at radius 1 is 1.36 bits per heavy atom. The first-order valence-corrected chi connectivity index (χ1v) is 6.58. The molecule has 14 heavy (non-hydrogen) atoms. The third kappa shape index (κ3) is 2.39. The number of halogens is 1. The van der Waals surface area contributed by atoms with Crippen molar-refractivity contribution in [2.24, 2.45) is 0 Å². The zero-order valence-electron chi connectivity index (χ0n) is 7.31. The van der Waals surface area contributed by atoms with Crippen molar-refractivity contribution >= 4 is 19.7 Å². The maximum Gasteiger partial charge on any atom is 0.261 e. The summed E-state index contributed by atoms with van der Waals surface area (Å²) in [5, 5.41) is 0. The van der Waals surface area contributed by atoms with Crippen LogP contribution in [0.4, 0.5) is 0 Å². The molecular formula is C9H9ClO3S. The second kappa shape index (κ2) is 3.44. The summed E-state index contributed by atoms with van der Waals surface area (Å²) in [5.41, 5.74) is 0. The molecule has 5 heteroatoms. The highest BCUT2D eigenvalue weighted by Gasteiger charge is 2.23. The van der Waals surface area contributed by atoms with Crippen molar-refractivity contribution < 1.29 is 13.2 Å². The Balaban J connectivity index is 2.26. The molecule has 0 aromatic heterocycles. The molecule has 0 spiro atoms. The fourth-order valence-corrected chi connectivity index (χ4v) is 1.86. The number of ether oxygens (including phenoxy) is 1. The lowest BCUT2D eigenvalue weighted by atomic mass is 10.3. The van der Waals surface area contributed by atoms with Gasteiger partial charge in [0.1, 0.15) is 5.75 Å². The summed E-state index contributed by atoms with van der Waals surface area (Å²) in [6.07, 6.45) is 2.33. The molecule has 0 bridgehead atoms. The molecule has 1 aliphatic rings. The van der Waals surface area contributed by atoms with Crippen molar-refractivity contribution in [3.05, 3.63) is 24.3 Å². The first-order valence-electron chi connectivity index (χ1n) is 4.27. The van der Waals surface area contributed by atoms with E-state index in [1.807, 2.05) is 0 Å². The molecule has 1 aliphatic carbocycles. The quantitative estimate of drug-likeness (QED) is 0.750. The number of hydrogen-bond acceptors (Lipinski definition) is 3. The van der Waals surface area contributed by atoms with Crippen LogP contribution in [0, 0.1) is 0 Å². The standard InChI is InChI=1S/C9H9ClO3S/c10-14(11,12)9-3-1-2-8(6-9)13-7-4-5-7/h1-3,6-7H,4-5H2. The van der Waals surface area contributed by atoms with Gasteiger partial charge in [0, 0.05) is 16.7 Å². The van der Waals surface area contributed by atoms with E-state index >= 15 is 0 Å². The summed E-state index contributed by atoms with van der Waals surface area (Å²) in [5.74, 6) is 0.564. The molecule has 0 amide bonds. The van der Waals surface area contributed by atoms with Crippen LogP contribution >= 0.6 is 10.7 Å². The van der Waals surface area contributed by atoms with Gasteiger partial charge >= 0.3 is 0 Å². The smallest absolute Gasteiger partial charge is 0.261 e. The summed E-state index contributed by atoms with van der Waals surface area (Å²) in [6.45, 7) is 0. The van der Waals surface area contributed by atoms with Crippen molar-refractivity contribution in [3.8, 4) is 5.75 Å². The molecule has 1 aromatic rings. The molecule has 1 fully saturated rings. The molecule has 1 aromatic carbocycles. The van der Waals surface area contributed by atoms with Gasteiger partial charge in [-0.1, -0.05) is 6.07 Å². The molecule has 2 rings (SSSR count). The van der Waals surface area contributed by atoms with E-state index in [1.165, 1.54) is 12.1 Å². The zero-order chi connectivity index (χ0) is 10.2. The van der Waals surface area contributed by atoms with Crippen LogP contribution in [0.2, 0.25) is 0 Å².